The first-order valence-corrected chi connectivity index (χ1v) is 8.11. The molecule has 7 nitrogen and oxygen atoms in total. The first-order valence-electron chi connectivity index (χ1n) is 8.11. The largest absolute Gasteiger partial charge is 0.508 e. The zero-order valence-corrected chi connectivity index (χ0v) is 14.3. The van der Waals surface area contributed by atoms with Crippen molar-refractivity contribution in [1.82, 2.24) is 4.90 Å². The first-order chi connectivity index (χ1) is 12.5. The highest BCUT2D eigenvalue weighted by molar-refractivity contribution is 5.91. The van der Waals surface area contributed by atoms with E-state index in [0.29, 0.717) is 31.3 Å². The molecule has 0 aromatic heterocycles. The minimum atomic E-state index is -0.665. The Hall–Kier alpha value is -3.22. The van der Waals surface area contributed by atoms with Gasteiger partial charge in [-0.2, -0.15) is 0 Å². The van der Waals surface area contributed by atoms with Gasteiger partial charge in [-0.25, -0.2) is 4.79 Å². The number of hydrogen-bond acceptors (Lipinski definition) is 6. The predicted octanol–water partition coefficient (Wildman–Crippen LogP) is 1.98. The van der Waals surface area contributed by atoms with Gasteiger partial charge in [-0.15, -0.1) is 0 Å². The lowest BCUT2D eigenvalue weighted by Crippen LogP contribution is -2.30. The summed E-state index contributed by atoms with van der Waals surface area (Å²) in [4.78, 5) is 25.5. The Balaban J connectivity index is 1.54. The Kier molecular flexibility index (Phi) is 5.26. The van der Waals surface area contributed by atoms with E-state index in [1.165, 1.54) is 29.2 Å². The van der Waals surface area contributed by atoms with Gasteiger partial charge in [0.1, 0.15) is 19.0 Å². The molecule has 1 amide bonds. The molecule has 1 aliphatic heterocycles. The fraction of sp³-hybridized carbons (Fsp3) is 0.263. The molecule has 0 radical (unpaired) electrons. The van der Waals surface area contributed by atoms with Crippen molar-refractivity contribution in [2.45, 2.75) is 6.54 Å². The van der Waals surface area contributed by atoms with Gasteiger partial charge < -0.3 is 24.2 Å². The normalized spacial score (nSPS) is 12.3. The molecule has 7 heteroatoms. The van der Waals surface area contributed by atoms with Crippen molar-refractivity contribution in [2.75, 3.05) is 26.9 Å². The third kappa shape index (κ3) is 4.24. The molecule has 1 aliphatic rings. The number of carbonyl (C=O) groups is 2. The van der Waals surface area contributed by atoms with Crippen LogP contribution < -0.4 is 9.47 Å². The maximum absolute atomic E-state index is 12.2. The lowest BCUT2D eigenvalue weighted by atomic mass is 10.2. The van der Waals surface area contributed by atoms with Crippen LogP contribution in [0, 0.1) is 0 Å². The number of hydrogen-bond donors (Lipinski definition) is 1. The minimum absolute atomic E-state index is 0.0403. The molecule has 2 aromatic rings. The number of fused-ring (bicyclic) bond motifs is 1. The summed E-state index contributed by atoms with van der Waals surface area (Å²) in [5.74, 6) is 0.302. The van der Waals surface area contributed by atoms with E-state index in [4.69, 9.17) is 14.2 Å². The van der Waals surface area contributed by atoms with E-state index in [1.807, 2.05) is 18.2 Å². The van der Waals surface area contributed by atoms with Crippen molar-refractivity contribution >= 4 is 11.9 Å². The Morgan fingerprint density at radius 3 is 2.65 bits per heavy atom. The molecule has 0 atom stereocenters. The van der Waals surface area contributed by atoms with E-state index < -0.39 is 5.97 Å². The topological polar surface area (TPSA) is 85.3 Å². The molecule has 0 bridgehead atoms. The van der Waals surface area contributed by atoms with Gasteiger partial charge in [0.15, 0.2) is 18.1 Å². The molecule has 0 spiro atoms. The standard InChI is InChI=1S/C19H19NO6/c1-20(11-13-5-6-16-17(9-13)25-8-7-24-16)18(22)12-26-19(23)14-3-2-4-15(21)10-14/h2-6,9-10,21H,7-8,11-12H2,1H3. The molecule has 136 valence electrons. The van der Waals surface area contributed by atoms with Crippen molar-refractivity contribution in [2.24, 2.45) is 0 Å². The summed E-state index contributed by atoms with van der Waals surface area (Å²) in [5, 5.41) is 9.37. The molecule has 1 N–H and O–H groups in total. The predicted molar refractivity (Wildman–Crippen MR) is 92.3 cm³/mol. The number of likely N-dealkylation sites (N-methyl/N-ethyl adjacent to an activating group) is 1. The summed E-state index contributed by atoms with van der Waals surface area (Å²) in [6.45, 7) is 0.986. The van der Waals surface area contributed by atoms with Gasteiger partial charge in [0.05, 0.1) is 5.56 Å². The van der Waals surface area contributed by atoms with Crippen molar-refractivity contribution in [3.05, 3.63) is 53.6 Å². The third-order valence-electron chi connectivity index (χ3n) is 3.86. The molecular formula is C19H19NO6. The van der Waals surface area contributed by atoms with Crippen LogP contribution in [0.15, 0.2) is 42.5 Å². The maximum atomic E-state index is 12.2. The molecular weight excluding hydrogens is 338 g/mol. The van der Waals surface area contributed by atoms with E-state index in [-0.39, 0.29) is 23.8 Å². The molecule has 0 saturated heterocycles. The van der Waals surface area contributed by atoms with Gasteiger partial charge in [0, 0.05) is 13.6 Å². The summed E-state index contributed by atoms with van der Waals surface area (Å²) >= 11 is 0. The van der Waals surface area contributed by atoms with Crippen molar-refractivity contribution in [3.8, 4) is 17.2 Å². The van der Waals surface area contributed by atoms with Crippen molar-refractivity contribution < 1.29 is 28.9 Å². The highest BCUT2D eigenvalue weighted by atomic mass is 16.6. The highest BCUT2D eigenvalue weighted by Gasteiger charge is 2.16. The number of rotatable bonds is 5. The van der Waals surface area contributed by atoms with E-state index in [0.717, 1.165) is 5.56 Å². The number of phenolic OH excluding ortho intramolecular Hbond substituents is 1. The number of ether oxygens (including phenoxy) is 3. The average molecular weight is 357 g/mol. The zero-order chi connectivity index (χ0) is 18.5. The lowest BCUT2D eigenvalue weighted by molar-refractivity contribution is -0.133. The van der Waals surface area contributed by atoms with Gasteiger partial charge in [-0.3, -0.25) is 4.79 Å². The lowest BCUT2D eigenvalue weighted by Gasteiger charge is -2.21. The summed E-state index contributed by atoms with van der Waals surface area (Å²) in [6, 6.07) is 11.3. The summed E-state index contributed by atoms with van der Waals surface area (Å²) < 4.78 is 16.0. The van der Waals surface area contributed by atoms with Crippen LogP contribution in [-0.4, -0.2) is 48.8 Å². The van der Waals surface area contributed by atoms with E-state index in [2.05, 4.69) is 0 Å². The van der Waals surface area contributed by atoms with Crippen LogP contribution in [0.4, 0.5) is 0 Å². The van der Waals surface area contributed by atoms with Crippen LogP contribution in [-0.2, 0) is 16.1 Å². The second kappa shape index (κ2) is 7.77. The fourth-order valence-electron chi connectivity index (χ4n) is 2.50. The number of aromatic hydroxyl groups is 1. The Bertz CT molecular complexity index is 819. The Morgan fingerprint density at radius 1 is 1.12 bits per heavy atom. The minimum Gasteiger partial charge on any atom is -0.508 e. The smallest absolute Gasteiger partial charge is 0.338 e. The SMILES string of the molecule is CN(Cc1ccc2c(c1)OCCO2)C(=O)COC(=O)c1cccc(O)c1. The van der Waals surface area contributed by atoms with Gasteiger partial charge in [0.25, 0.3) is 5.91 Å². The number of nitrogens with zero attached hydrogens (tertiary/aromatic N) is 1. The zero-order valence-electron chi connectivity index (χ0n) is 14.3. The molecule has 1 heterocycles. The Morgan fingerprint density at radius 2 is 1.88 bits per heavy atom. The van der Waals surface area contributed by atoms with Crippen LogP contribution in [0.2, 0.25) is 0 Å². The van der Waals surface area contributed by atoms with Gasteiger partial charge >= 0.3 is 5.97 Å². The van der Waals surface area contributed by atoms with Crippen molar-refractivity contribution in [1.29, 1.82) is 0 Å². The van der Waals surface area contributed by atoms with Gasteiger partial charge in [-0.1, -0.05) is 12.1 Å². The van der Waals surface area contributed by atoms with Gasteiger partial charge in [-0.05, 0) is 35.9 Å². The Labute approximate surface area is 150 Å². The number of esters is 1. The summed E-state index contributed by atoms with van der Waals surface area (Å²) in [6.07, 6.45) is 0. The second-order valence-corrected chi connectivity index (χ2v) is 5.85. The van der Waals surface area contributed by atoms with Gasteiger partial charge in [0.2, 0.25) is 0 Å². The molecule has 2 aromatic carbocycles. The fourth-order valence-corrected chi connectivity index (χ4v) is 2.50. The quantitative estimate of drug-likeness (QED) is 0.824. The van der Waals surface area contributed by atoms with Crippen molar-refractivity contribution in [3.63, 3.8) is 0 Å². The van der Waals surface area contributed by atoms with Crippen LogP contribution in [0.5, 0.6) is 17.2 Å². The summed E-state index contributed by atoms with van der Waals surface area (Å²) in [5.41, 5.74) is 1.07. The first kappa shape index (κ1) is 17.6. The van der Waals surface area contributed by atoms with Crippen LogP contribution >= 0.6 is 0 Å². The van der Waals surface area contributed by atoms with Crippen LogP contribution in [0.25, 0.3) is 0 Å². The van der Waals surface area contributed by atoms with E-state index in [9.17, 15) is 14.7 Å². The van der Waals surface area contributed by atoms with Crippen LogP contribution in [0.1, 0.15) is 15.9 Å². The third-order valence-corrected chi connectivity index (χ3v) is 3.86. The van der Waals surface area contributed by atoms with E-state index >= 15 is 0 Å². The number of phenols is 1. The second-order valence-electron chi connectivity index (χ2n) is 5.85. The maximum Gasteiger partial charge on any atom is 0.338 e. The highest BCUT2D eigenvalue weighted by Crippen LogP contribution is 2.31. The summed E-state index contributed by atoms with van der Waals surface area (Å²) in [7, 11) is 1.63. The molecule has 0 saturated carbocycles. The van der Waals surface area contributed by atoms with Crippen LogP contribution in [0.3, 0.4) is 0 Å². The number of benzene rings is 2. The molecule has 26 heavy (non-hydrogen) atoms. The number of amides is 1. The average Bonchev–Trinajstić information content (AvgIpc) is 2.65. The molecule has 0 unspecified atom stereocenters. The molecule has 0 aliphatic carbocycles. The molecule has 0 fully saturated rings. The monoisotopic (exact) mass is 357 g/mol. The van der Waals surface area contributed by atoms with E-state index in [1.54, 1.807) is 7.05 Å². The number of carbonyl (C=O) groups excluding carboxylic acids is 2. The molecule has 3 rings (SSSR count).